The Kier molecular flexibility index (Phi) is 5.03. The van der Waals surface area contributed by atoms with Gasteiger partial charge in [0, 0.05) is 19.1 Å². The minimum absolute atomic E-state index is 0.139. The highest BCUT2D eigenvalue weighted by molar-refractivity contribution is 5.88. The third-order valence-electron chi connectivity index (χ3n) is 2.57. The van der Waals surface area contributed by atoms with Gasteiger partial charge in [-0.05, 0) is 35.9 Å². The molecule has 4 nitrogen and oxygen atoms in total. The van der Waals surface area contributed by atoms with E-state index in [0.717, 1.165) is 11.6 Å². The molecule has 0 spiro atoms. The smallest absolute Gasteiger partial charge is 0.336 e. The summed E-state index contributed by atoms with van der Waals surface area (Å²) in [6.45, 7) is 1.32. The van der Waals surface area contributed by atoms with Gasteiger partial charge in [0.05, 0.1) is 0 Å². The molecule has 0 aliphatic rings. The van der Waals surface area contributed by atoms with E-state index < -0.39 is 17.8 Å². The molecule has 0 saturated carbocycles. The van der Waals surface area contributed by atoms with Gasteiger partial charge in [0.1, 0.15) is 17.3 Å². The Morgan fingerprint density at radius 1 is 1.00 bits per heavy atom. The van der Waals surface area contributed by atoms with Gasteiger partial charge in [0.15, 0.2) is 0 Å². The fourth-order valence-electron chi connectivity index (χ4n) is 1.66. The fourth-order valence-corrected chi connectivity index (χ4v) is 1.66. The Balaban J connectivity index is 1.96. The van der Waals surface area contributed by atoms with E-state index in [2.05, 4.69) is 0 Å². The summed E-state index contributed by atoms with van der Waals surface area (Å²) < 4.78 is 22.8. The summed E-state index contributed by atoms with van der Waals surface area (Å²) >= 11 is 0. The third-order valence-corrected chi connectivity index (χ3v) is 2.57. The molecule has 0 aliphatic heterocycles. The van der Waals surface area contributed by atoms with Crippen molar-refractivity contribution in [3.63, 3.8) is 0 Å². The van der Waals surface area contributed by atoms with Gasteiger partial charge in [-0.3, -0.25) is 4.79 Å². The van der Waals surface area contributed by atoms with Crippen molar-refractivity contribution in [1.29, 1.82) is 0 Å². The van der Waals surface area contributed by atoms with Gasteiger partial charge in [0.2, 0.25) is 0 Å². The summed E-state index contributed by atoms with van der Waals surface area (Å²) in [5.74, 6) is -0.932. The maximum atomic E-state index is 13.0. The van der Waals surface area contributed by atoms with Gasteiger partial charge in [-0.1, -0.05) is 18.2 Å². The lowest BCUT2D eigenvalue weighted by molar-refractivity contribution is -0.132. The molecule has 2 aromatic rings. The van der Waals surface area contributed by atoms with Gasteiger partial charge >= 0.3 is 11.9 Å². The first kappa shape index (κ1) is 15.4. The van der Waals surface area contributed by atoms with Crippen LogP contribution in [0, 0.1) is 5.82 Å². The average molecular weight is 300 g/mol. The van der Waals surface area contributed by atoms with E-state index in [1.807, 2.05) is 0 Å². The molecule has 5 heteroatoms. The lowest BCUT2D eigenvalue weighted by Gasteiger charge is -2.02. The lowest BCUT2D eigenvalue weighted by Crippen LogP contribution is -2.03. The van der Waals surface area contributed by atoms with Crippen LogP contribution < -0.4 is 9.47 Å². The van der Waals surface area contributed by atoms with Gasteiger partial charge in [-0.2, -0.15) is 0 Å². The zero-order valence-corrected chi connectivity index (χ0v) is 11.8. The summed E-state index contributed by atoms with van der Waals surface area (Å²) in [6.07, 6.45) is 2.77. The molecule has 2 aromatic carbocycles. The van der Waals surface area contributed by atoms with Crippen LogP contribution in [0.2, 0.25) is 0 Å². The van der Waals surface area contributed by atoms with Crippen LogP contribution >= 0.6 is 0 Å². The van der Waals surface area contributed by atoms with E-state index in [-0.39, 0.29) is 5.75 Å². The number of benzene rings is 2. The molecule has 0 radical (unpaired) electrons. The van der Waals surface area contributed by atoms with Crippen molar-refractivity contribution in [2.75, 3.05) is 0 Å². The van der Waals surface area contributed by atoms with Gasteiger partial charge < -0.3 is 9.47 Å². The van der Waals surface area contributed by atoms with Crippen LogP contribution in [0.5, 0.6) is 11.5 Å². The standard InChI is InChI=1S/C17H13FO4/c1-12(19)21-15-8-5-13(6-9-15)7-10-17(20)22-16-4-2-3-14(18)11-16/h2-11H,1H3/b10-7+. The Hall–Kier alpha value is -2.95. The SMILES string of the molecule is CC(=O)Oc1ccc(/C=C/C(=O)Oc2cccc(F)c2)cc1. The Morgan fingerprint density at radius 2 is 1.73 bits per heavy atom. The average Bonchev–Trinajstić information content (AvgIpc) is 2.46. The minimum atomic E-state index is -0.616. The number of esters is 2. The number of halogens is 1. The van der Waals surface area contributed by atoms with Gasteiger partial charge in [-0.25, -0.2) is 9.18 Å². The van der Waals surface area contributed by atoms with Crippen LogP contribution in [-0.4, -0.2) is 11.9 Å². The zero-order valence-electron chi connectivity index (χ0n) is 11.8. The van der Waals surface area contributed by atoms with Crippen molar-refractivity contribution in [1.82, 2.24) is 0 Å². The summed E-state index contributed by atoms with van der Waals surface area (Å²) in [5, 5.41) is 0. The molecule has 0 atom stereocenters. The molecule has 112 valence electrons. The highest BCUT2D eigenvalue weighted by Gasteiger charge is 2.02. The first-order valence-electron chi connectivity index (χ1n) is 6.47. The molecular formula is C17H13FO4. The van der Waals surface area contributed by atoms with E-state index in [4.69, 9.17) is 9.47 Å². The Morgan fingerprint density at radius 3 is 2.36 bits per heavy atom. The molecule has 0 aliphatic carbocycles. The van der Waals surface area contributed by atoms with E-state index in [1.54, 1.807) is 30.3 Å². The first-order valence-corrected chi connectivity index (χ1v) is 6.47. The Bertz CT molecular complexity index is 705. The van der Waals surface area contributed by atoms with Crippen LogP contribution in [0.25, 0.3) is 6.08 Å². The summed E-state index contributed by atoms with van der Waals surface area (Å²) in [4.78, 5) is 22.4. The molecule has 0 fully saturated rings. The van der Waals surface area contributed by atoms with Crippen LogP contribution in [0.3, 0.4) is 0 Å². The zero-order chi connectivity index (χ0) is 15.9. The molecule has 0 unspecified atom stereocenters. The lowest BCUT2D eigenvalue weighted by atomic mass is 10.2. The Labute approximate surface area is 126 Å². The van der Waals surface area contributed by atoms with Gasteiger partial charge in [0.25, 0.3) is 0 Å². The predicted molar refractivity (Wildman–Crippen MR) is 78.8 cm³/mol. The van der Waals surface area contributed by atoms with E-state index >= 15 is 0 Å². The van der Waals surface area contributed by atoms with Crippen LogP contribution in [0.15, 0.2) is 54.6 Å². The van der Waals surface area contributed by atoms with E-state index in [1.165, 1.54) is 31.2 Å². The van der Waals surface area contributed by atoms with Crippen molar-refractivity contribution >= 4 is 18.0 Å². The summed E-state index contributed by atoms with van der Waals surface area (Å²) in [6, 6.07) is 11.9. The second kappa shape index (κ2) is 7.17. The van der Waals surface area contributed by atoms with E-state index in [0.29, 0.717) is 5.75 Å². The molecule has 22 heavy (non-hydrogen) atoms. The third kappa shape index (κ3) is 4.86. The number of carbonyl (C=O) groups excluding carboxylic acids is 2. The molecule has 0 bridgehead atoms. The number of carbonyl (C=O) groups is 2. The molecule has 2 rings (SSSR count). The maximum absolute atomic E-state index is 13.0. The quantitative estimate of drug-likeness (QED) is 0.493. The maximum Gasteiger partial charge on any atom is 0.336 e. The topological polar surface area (TPSA) is 52.6 Å². The highest BCUT2D eigenvalue weighted by Crippen LogP contribution is 2.14. The molecule has 0 aromatic heterocycles. The number of rotatable bonds is 4. The molecule has 0 saturated heterocycles. The highest BCUT2D eigenvalue weighted by atomic mass is 19.1. The minimum Gasteiger partial charge on any atom is -0.427 e. The first-order chi connectivity index (χ1) is 10.5. The largest absolute Gasteiger partial charge is 0.427 e. The summed E-state index contributed by atoms with van der Waals surface area (Å²) in [7, 11) is 0. The van der Waals surface area contributed by atoms with Crippen LogP contribution in [0.1, 0.15) is 12.5 Å². The summed E-state index contributed by atoms with van der Waals surface area (Å²) in [5.41, 5.74) is 0.729. The van der Waals surface area contributed by atoms with Gasteiger partial charge in [-0.15, -0.1) is 0 Å². The van der Waals surface area contributed by atoms with Crippen molar-refractivity contribution in [3.8, 4) is 11.5 Å². The van der Waals surface area contributed by atoms with Crippen molar-refractivity contribution in [2.24, 2.45) is 0 Å². The number of hydrogen-bond donors (Lipinski definition) is 0. The fraction of sp³-hybridized carbons (Fsp3) is 0.0588. The second-order valence-electron chi connectivity index (χ2n) is 4.37. The van der Waals surface area contributed by atoms with Crippen LogP contribution in [0.4, 0.5) is 4.39 Å². The molecule has 0 heterocycles. The van der Waals surface area contributed by atoms with E-state index in [9.17, 15) is 14.0 Å². The predicted octanol–water partition coefficient (Wildman–Crippen LogP) is 3.37. The molecule has 0 amide bonds. The van der Waals surface area contributed by atoms with Crippen molar-refractivity contribution in [3.05, 3.63) is 66.0 Å². The van der Waals surface area contributed by atoms with Crippen molar-refractivity contribution < 1.29 is 23.5 Å². The monoisotopic (exact) mass is 300 g/mol. The molecule has 0 N–H and O–H groups in total. The van der Waals surface area contributed by atoms with Crippen LogP contribution in [-0.2, 0) is 9.59 Å². The number of ether oxygens (including phenoxy) is 2. The molecular weight excluding hydrogens is 287 g/mol. The second-order valence-corrected chi connectivity index (χ2v) is 4.37. The number of hydrogen-bond acceptors (Lipinski definition) is 4. The van der Waals surface area contributed by atoms with Crippen molar-refractivity contribution in [2.45, 2.75) is 6.92 Å². The normalized spacial score (nSPS) is 10.5.